The van der Waals surface area contributed by atoms with E-state index in [0.717, 1.165) is 122 Å². The first-order chi connectivity index (χ1) is 44.6. The number of rotatable bonds is 65. The molecule has 0 saturated heterocycles. The lowest BCUT2D eigenvalue weighted by molar-refractivity contribution is -0.870. The van der Waals surface area contributed by atoms with Crippen LogP contribution in [0.25, 0.3) is 0 Å². The van der Waals surface area contributed by atoms with E-state index in [-0.39, 0.29) is 38.6 Å². The van der Waals surface area contributed by atoms with Gasteiger partial charge in [-0.3, -0.25) is 9.59 Å². The zero-order chi connectivity index (χ0) is 66.1. The standard InChI is InChI=1S/C82H133NO8/c1-6-8-10-12-14-16-18-20-22-24-26-28-30-32-34-36-37-38-39-40-41-42-43-45-47-49-51-53-55-57-59-61-63-65-67-69-71-73-80(85)91-78(77-90-82(81(86)87)88-75-74-83(3,4)5)76-89-79(84)72-70-68-66-64-62-60-58-56-54-52-50-48-46-44-35-33-31-29-27-25-23-21-19-17-15-13-11-9-7-2/h8,10,14,16,19-22,25-28,31-34,37-38,40-41,43,45,49,51,55,57,61,63,78,82H,6-7,9,11-13,15,17-18,23-24,29-30,35-36,39,42,44,46-48,50,52-54,56,58-60,62,64-77H2,1-5H3/b10-8-,16-14-,21-19-,22-20-,27-25-,28-26-,33-31-,34-32-,38-37-,41-40-,45-43-,51-49-,57-55-,63-61-. The van der Waals surface area contributed by atoms with Crippen molar-refractivity contribution in [1.29, 1.82) is 0 Å². The molecule has 2 unspecified atom stereocenters. The minimum Gasteiger partial charge on any atom is -0.545 e. The number of hydrogen-bond acceptors (Lipinski definition) is 8. The van der Waals surface area contributed by atoms with Gasteiger partial charge in [0.05, 0.1) is 40.3 Å². The van der Waals surface area contributed by atoms with E-state index >= 15 is 0 Å². The number of hydrogen-bond donors (Lipinski definition) is 0. The zero-order valence-electron chi connectivity index (χ0n) is 58.6. The average Bonchev–Trinajstić information content (AvgIpc) is 3.50. The van der Waals surface area contributed by atoms with Gasteiger partial charge >= 0.3 is 11.9 Å². The molecule has 2 atom stereocenters. The molecule has 9 nitrogen and oxygen atoms in total. The molecule has 0 N–H and O–H groups in total. The van der Waals surface area contributed by atoms with Crippen LogP contribution >= 0.6 is 0 Å². The molecule has 0 aliphatic heterocycles. The number of unbranched alkanes of at least 4 members (excludes halogenated alkanes) is 22. The Hall–Kier alpha value is -5.35. The summed E-state index contributed by atoms with van der Waals surface area (Å²) >= 11 is 0. The molecule has 0 aromatic heterocycles. The summed E-state index contributed by atoms with van der Waals surface area (Å²) in [5, 5.41) is 11.8. The summed E-state index contributed by atoms with van der Waals surface area (Å²) in [4.78, 5) is 37.5. The largest absolute Gasteiger partial charge is 0.545 e. The third kappa shape index (κ3) is 71.9. The monoisotopic (exact) mass is 1260 g/mol. The van der Waals surface area contributed by atoms with Gasteiger partial charge < -0.3 is 33.3 Å². The number of nitrogens with zero attached hydrogens (tertiary/aromatic N) is 1. The van der Waals surface area contributed by atoms with Gasteiger partial charge in [0.15, 0.2) is 12.4 Å². The van der Waals surface area contributed by atoms with E-state index in [1.165, 1.54) is 116 Å². The second kappa shape index (κ2) is 70.5. The highest BCUT2D eigenvalue weighted by molar-refractivity contribution is 5.70. The number of carbonyl (C=O) groups is 3. The van der Waals surface area contributed by atoms with Crippen LogP contribution in [0.4, 0.5) is 0 Å². The lowest BCUT2D eigenvalue weighted by atomic mass is 10.0. The van der Waals surface area contributed by atoms with Crippen molar-refractivity contribution >= 4 is 17.9 Å². The Kier molecular flexibility index (Phi) is 66.4. The van der Waals surface area contributed by atoms with Crippen molar-refractivity contribution in [2.75, 3.05) is 47.5 Å². The van der Waals surface area contributed by atoms with Gasteiger partial charge in [-0.1, -0.05) is 293 Å². The maximum Gasteiger partial charge on any atom is 0.306 e. The predicted molar refractivity (Wildman–Crippen MR) is 388 cm³/mol. The number of likely N-dealkylation sites (N-methyl/N-ethyl adjacent to an activating group) is 1. The van der Waals surface area contributed by atoms with Crippen LogP contribution in [0, 0.1) is 0 Å². The molecule has 0 aromatic rings. The molecule has 0 saturated carbocycles. The lowest BCUT2D eigenvalue weighted by Crippen LogP contribution is -2.44. The van der Waals surface area contributed by atoms with Gasteiger partial charge in [0.1, 0.15) is 13.2 Å². The van der Waals surface area contributed by atoms with Gasteiger partial charge in [-0.15, -0.1) is 0 Å². The van der Waals surface area contributed by atoms with Crippen molar-refractivity contribution < 1.29 is 42.9 Å². The molecule has 9 heteroatoms. The SMILES string of the molecule is CC/C=C\C/C=C\C/C=C\C/C=C\C/C=C\C/C=C\C/C=C\C/C=C\C/C=C\C/C=C\C/C=C\CCCCCC(=O)OC(COC(=O)CCCCCCCCCCCCCCCC/C=C\C/C=C\C/C=C\CCCCCCC)COC(OCC[N+](C)(C)C)C(=O)[O-]. The molecule has 514 valence electrons. The number of carboxylic acids is 1. The van der Waals surface area contributed by atoms with E-state index in [1.807, 2.05) is 21.1 Å². The van der Waals surface area contributed by atoms with E-state index in [2.05, 4.69) is 184 Å². The fourth-order valence-corrected chi connectivity index (χ4v) is 9.43. The Morgan fingerprint density at radius 3 is 0.945 bits per heavy atom. The van der Waals surface area contributed by atoms with Gasteiger partial charge in [-0.05, 0) is 135 Å². The van der Waals surface area contributed by atoms with Crippen molar-refractivity contribution in [3.05, 3.63) is 170 Å². The number of aliphatic carboxylic acids is 1. The highest BCUT2D eigenvalue weighted by Gasteiger charge is 2.22. The van der Waals surface area contributed by atoms with Crippen molar-refractivity contribution in [3.8, 4) is 0 Å². The summed E-state index contributed by atoms with van der Waals surface area (Å²) in [5.74, 6) is -2.34. The Balaban J connectivity index is 4.24. The summed E-state index contributed by atoms with van der Waals surface area (Å²) in [6.07, 6.45) is 103. The Morgan fingerprint density at radius 2 is 0.626 bits per heavy atom. The number of carboxylic acid groups (broad SMARTS) is 1. The Labute approximate surface area is 558 Å². The van der Waals surface area contributed by atoms with Crippen molar-refractivity contribution in [3.63, 3.8) is 0 Å². The quantitative estimate of drug-likeness (QED) is 0.0195. The van der Waals surface area contributed by atoms with Gasteiger partial charge in [0.25, 0.3) is 0 Å². The van der Waals surface area contributed by atoms with Crippen LogP contribution in [0.3, 0.4) is 0 Å². The first-order valence-corrected chi connectivity index (χ1v) is 36.3. The van der Waals surface area contributed by atoms with Crippen LogP contribution < -0.4 is 5.11 Å². The normalized spacial score (nSPS) is 13.7. The highest BCUT2D eigenvalue weighted by Crippen LogP contribution is 2.16. The van der Waals surface area contributed by atoms with Crippen LogP contribution in [0.2, 0.25) is 0 Å². The zero-order valence-corrected chi connectivity index (χ0v) is 58.6. The van der Waals surface area contributed by atoms with Crippen molar-refractivity contribution in [1.82, 2.24) is 0 Å². The molecule has 0 amide bonds. The fraction of sp³-hybridized carbons (Fsp3) is 0.622. The summed E-state index contributed by atoms with van der Waals surface area (Å²) in [7, 11) is 5.91. The maximum atomic E-state index is 12.9. The molecule has 0 bridgehead atoms. The van der Waals surface area contributed by atoms with E-state index < -0.39 is 24.3 Å². The van der Waals surface area contributed by atoms with Gasteiger partial charge in [0, 0.05) is 12.8 Å². The first kappa shape index (κ1) is 85.7. The van der Waals surface area contributed by atoms with Crippen molar-refractivity contribution in [2.45, 2.75) is 283 Å². The Bertz CT molecular complexity index is 2100. The Morgan fingerprint density at radius 1 is 0.341 bits per heavy atom. The van der Waals surface area contributed by atoms with Crippen LogP contribution in [-0.4, -0.2) is 82.3 Å². The smallest absolute Gasteiger partial charge is 0.306 e. The molecule has 0 heterocycles. The predicted octanol–water partition coefficient (Wildman–Crippen LogP) is 21.7. The molecule has 91 heavy (non-hydrogen) atoms. The van der Waals surface area contributed by atoms with Crippen LogP contribution in [-0.2, 0) is 33.3 Å². The molecule has 0 spiro atoms. The van der Waals surface area contributed by atoms with Crippen LogP contribution in [0.5, 0.6) is 0 Å². The number of ether oxygens (including phenoxy) is 4. The van der Waals surface area contributed by atoms with Crippen LogP contribution in [0.15, 0.2) is 170 Å². The van der Waals surface area contributed by atoms with E-state index in [4.69, 9.17) is 18.9 Å². The molecule has 0 aliphatic carbocycles. The summed E-state index contributed by atoms with van der Waals surface area (Å²) in [6.45, 7) is 4.58. The molecule has 0 aromatic carbocycles. The second-order valence-electron chi connectivity index (χ2n) is 24.8. The number of carbonyl (C=O) groups excluding carboxylic acids is 3. The number of esters is 2. The second-order valence-corrected chi connectivity index (χ2v) is 24.8. The van der Waals surface area contributed by atoms with Gasteiger partial charge in [0.2, 0.25) is 0 Å². The number of quaternary nitrogens is 1. The van der Waals surface area contributed by atoms with Gasteiger partial charge in [-0.2, -0.15) is 0 Å². The topological polar surface area (TPSA) is 111 Å². The molecule has 0 rings (SSSR count). The molecular formula is C82H133NO8. The molecule has 0 fully saturated rings. The average molecular weight is 1260 g/mol. The van der Waals surface area contributed by atoms with Gasteiger partial charge in [-0.25, -0.2) is 0 Å². The van der Waals surface area contributed by atoms with Crippen LogP contribution in [0.1, 0.15) is 271 Å². The fourth-order valence-electron chi connectivity index (χ4n) is 9.43. The summed E-state index contributed by atoms with van der Waals surface area (Å²) < 4.78 is 22.8. The summed E-state index contributed by atoms with van der Waals surface area (Å²) in [6, 6.07) is 0. The minimum atomic E-state index is -1.64. The molecular weight excluding hydrogens is 1130 g/mol. The molecule has 0 radical (unpaired) electrons. The third-order valence-corrected chi connectivity index (χ3v) is 14.9. The van der Waals surface area contributed by atoms with E-state index in [0.29, 0.717) is 17.4 Å². The van der Waals surface area contributed by atoms with E-state index in [9.17, 15) is 19.5 Å². The highest BCUT2D eigenvalue weighted by atomic mass is 16.7. The first-order valence-electron chi connectivity index (χ1n) is 36.3. The minimum absolute atomic E-state index is 0.132. The maximum absolute atomic E-state index is 12.9. The van der Waals surface area contributed by atoms with E-state index in [1.54, 1.807) is 0 Å². The number of allylic oxidation sites excluding steroid dienone is 28. The van der Waals surface area contributed by atoms with Crippen molar-refractivity contribution in [2.24, 2.45) is 0 Å². The summed E-state index contributed by atoms with van der Waals surface area (Å²) in [5.41, 5.74) is 0. The third-order valence-electron chi connectivity index (χ3n) is 14.9. The lowest BCUT2D eigenvalue weighted by Gasteiger charge is -2.26. The molecule has 0 aliphatic rings.